The Balaban J connectivity index is 2.25. The molecular weight excluding hydrogens is 248 g/mol. The van der Waals surface area contributed by atoms with Crippen LogP contribution < -0.4 is 11.1 Å². The molecule has 3 heteroatoms. The number of carbonyl (C=O) groups is 1. The number of rotatable bonds is 10. The van der Waals surface area contributed by atoms with Crippen molar-refractivity contribution in [3.05, 3.63) is 35.4 Å². The summed E-state index contributed by atoms with van der Waals surface area (Å²) in [6.07, 6.45) is 7.82. The molecule has 1 aromatic rings. The summed E-state index contributed by atoms with van der Waals surface area (Å²) in [5.74, 6) is -0.365. The van der Waals surface area contributed by atoms with Crippen molar-refractivity contribution in [1.82, 2.24) is 5.32 Å². The minimum Gasteiger partial charge on any atom is -0.366 e. The first-order valence-corrected chi connectivity index (χ1v) is 7.75. The standard InChI is InChI=1S/C17H28N2O/c1-3-4-5-6-7-9-14(2)19-13-15-10-8-11-16(12-15)17(18)20/h8,10-12,14,19H,3-7,9,13H2,1-2H3,(H2,18,20). The smallest absolute Gasteiger partial charge is 0.248 e. The first kappa shape index (κ1) is 16.7. The lowest BCUT2D eigenvalue weighted by Crippen LogP contribution is -2.25. The van der Waals surface area contributed by atoms with E-state index < -0.39 is 0 Å². The largest absolute Gasteiger partial charge is 0.366 e. The molecule has 1 unspecified atom stereocenters. The zero-order valence-electron chi connectivity index (χ0n) is 12.8. The van der Waals surface area contributed by atoms with Gasteiger partial charge in [-0.1, -0.05) is 51.2 Å². The van der Waals surface area contributed by atoms with Crippen LogP contribution in [0.4, 0.5) is 0 Å². The normalized spacial score (nSPS) is 12.3. The molecule has 1 aromatic carbocycles. The molecule has 1 atom stereocenters. The number of nitrogens with two attached hydrogens (primary N) is 1. The van der Waals surface area contributed by atoms with Crippen LogP contribution in [0.5, 0.6) is 0 Å². The van der Waals surface area contributed by atoms with Crippen LogP contribution in [0.3, 0.4) is 0 Å². The van der Waals surface area contributed by atoms with Crippen molar-refractivity contribution in [2.45, 2.75) is 65.0 Å². The third kappa shape index (κ3) is 6.71. The van der Waals surface area contributed by atoms with Gasteiger partial charge in [0.1, 0.15) is 0 Å². The number of hydrogen-bond acceptors (Lipinski definition) is 2. The van der Waals surface area contributed by atoms with Crippen molar-refractivity contribution in [1.29, 1.82) is 0 Å². The number of unbranched alkanes of at least 4 members (excludes halogenated alkanes) is 4. The molecule has 0 saturated carbocycles. The highest BCUT2D eigenvalue weighted by atomic mass is 16.1. The SMILES string of the molecule is CCCCCCCC(C)NCc1cccc(C(N)=O)c1. The minimum absolute atomic E-state index is 0.365. The van der Waals surface area contributed by atoms with E-state index in [9.17, 15) is 4.79 Å². The fourth-order valence-electron chi connectivity index (χ4n) is 2.28. The molecule has 0 aliphatic heterocycles. The predicted octanol–water partition coefficient (Wildman–Crippen LogP) is 3.62. The molecule has 0 bridgehead atoms. The molecule has 1 amide bonds. The Bertz CT molecular complexity index is 404. The van der Waals surface area contributed by atoms with Crippen LogP contribution >= 0.6 is 0 Å². The molecule has 0 aliphatic rings. The van der Waals surface area contributed by atoms with Gasteiger partial charge in [-0.25, -0.2) is 0 Å². The number of hydrogen-bond donors (Lipinski definition) is 2. The van der Waals surface area contributed by atoms with Gasteiger partial charge in [-0.05, 0) is 31.0 Å². The fraction of sp³-hybridized carbons (Fsp3) is 0.588. The molecular formula is C17H28N2O. The lowest BCUT2D eigenvalue weighted by molar-refractivity contribution is 0.1000. The Labute approximate surface area is 122 Å². The molecule has 3 nitrogen and oxygen atoms in total. The Morgan fingerprint density at radius 2 is 2.00 bits per heavy atom. The van der Waals surface area contributed by atoms with Crippen LogP contribution in [-0.2, 0) is 6.54 Å². The molecule has 0 aliphatic carbocycles. The molecule has 0 spiro atoms. The summed E-state index contributed by atoms with van der Waals surface area (Å²) >= 11 is 0. The van der Waals surface area contributed by atoms with Crippen molar-refractivity contribution < 1.29 is 4.79 Å². The predicted molar refractivity (Wildman–Crippen MR) is 84.6 cm³/mol. The van der Waals surface area contributed by atoms with Crippen LogP contribution in [0.2, 0.25) is 0 Å². The molecule has 0 fully saturated rings. The number of carbonyl (C=O) groups excluding carboxylic acids is 1. The minimum atomic E-state index is -0.365. The summed E-state index contributed by atoms with van der Waals surface area (Å²) in [5.41, 5.74) is 6.98. The number of amides is 1. The van der Waals surface area contributed by atoms with E-state index in [1.165, 1.54) is 38.5 Å². The second kappa shape index (κ2) is 9.54. The quantitative estimate of drug-likeness (QED) is 0.641. The van der Waals surface area contributed by atoms with E-state index in [4.69, 9.17) is 5.73 Å². The molecule has 3 N–H and O–H groups in total. The van der Waals surface area contributed by atoms with Gasteiger partial charge >= 0.3 is 0 Å². The summed E-state index contributed by atoms with van der Waals surface area (Å²) in [7, 11) is 0. The summed E-state index contributed by atoms with van der Waals surface area (Å²) in [4.78, 5) is 11.1. The van der Waals surface area contributed by atoms with Crippen molar-refractivity contribution in [2.24, 2.45) is 5.73 Å². The Kier molecular flexibility index (Phi) is 7.97. The maximum Gasteiger partial charge on any atom is 0.248 e. The van der Waals surface area contributed by atoms with Gasteiger partial charge in [0.05, 0.1) is 0 Å². The van der Waals surface area contributed by atoms with E-state index in [-0.39, 0.29) is 5.91 Å². The Morgan fingerprint density at radius 1 is 1.25 bits per heavy atom. The third-order valence-corrected chi connectivity index (χ3v) is 3.61. The van der Waals surface area contributed by atoms with Gasteiger partial charge in [0.15, 0.2) is 0 Å². The van der Waals surface area contributed by atoms with Crippen LogP contribution in [0.15, 0.2) is 24.3 Å². The highest BCUT2D eigenvalue weighted by Gasteiger charge is 2.04. The highest BCUT2D eigenvalue weighted by molar-refractivity contribution is 5.92. The van der Waals surface area contributed by atoms with E-state index >= 15 is 0 Å². The van der Waals surface area contributed by atoms with Gasteiger partial charge in [0, 0.05) is 18.2 Å². The second-order valence-corrected chi connectivity index (χ2v) is 5.55. The molecule has 20 heavy (non-hydrogen) atoms. The molecule has 0 heterocycles. The van der Waals surface area contributed by atoms with Crippen molar-refractivity contribution in [3.8, 4) is 0 Å². The zero-order valence-corrected chi connectivity index (χ0v) is 12.8. The lowest BCUT2D eigenvalue weighted by atomic mass is 10.1. The first-order valence-electron chi connectivity index (χ1n) is 7.75. The van der Waals surface area contributed by atoms with Crippen molar-refractivity contribution >= 4 is 5.91 Å². The average molecular weight is 276 g/mol. The van der Waals surface area contributed by atoms with E-state index in [1.54, 1.807) is 6.07 Å². The number of benzene rings is 1. The van der Waals surface area contributed by atoms with Gasteiger partial charge in [0.25, 0.3) is 0 Å². The number of nitrogens with one attached hydrogen (secondary N) is 1. The van der Waals surface area contributed by atoms with Crippen LogP contribution in [0, 0.1) is 0 Å². The van der Waals surface area contributed by atoms with Gasteiger partial charge in [-0.3, -0.25) is 4.79 Å². The van der Waals surface area contributed by atoms with Gasteiger partial charge < -0.3 is 11.1 Å². The highest BCUT2D eigenvalue weighted by Crippen LogP contribution is 2.09. The molecule has 0 saturated heterocycles. The Morgan fingerprint density at radius 3 is 2.70 bits per heavy atom. The Hall–Kier alpha value is -1.35. The maximum absolute atomic E-state index is 11.1. The van der Waals surface area contributed by atoms with E-state index in [0.717, 1.165) is 12.1 Å². The topological polar surface area (TPSA) is 55.1 Å². The van der Waals surface area contributed by atoms with Gasteiger partial charge in [-0.15, -0.1) is 0 Å². The average Bonchev–Trinajstić information content (AvgIpc) is 2.45. The lowest BCUT2D eigenvalue weighted by Gasteiger charge is -2.14. The van der Waals surface area contributed by atoms with Crippen LogP contribution in [-0.4, -0.2) is 11.9 Å². The molecule has 0 radical (unpaired) electrons. The third-order valence-electron chi connectivity index (χ3n) is 3.61. The van der Waals surface area contributed by atoms with Gasteiger partial charge in [0.2, 0.25) is 5.91 Å². The monoisotopic (exact) mass is 276 g/mol. The molecule has 0 aromatic heterocycles. The van der Waals surface area contributed by atoms with Crippen molar-refractivity contribution in [3.63, 3.8) is 0 Å². The van der Waals surface area contributed by atoms with Crippen LogP contribution in [0.25, 0.3) is 0 Å². The van der Waals surface area contributed by atoms with Crippen molar-refractivity contribution in [2.75, 3.05) is 0 Å². The molecule has 112 valence electrons. The summed E-state index contributed by atoms with van der Waals surface area (Å²) < 4.78 is 0. The van der Waals surface area contributed by atoms with Crippen LogP contribution in [0.1, 0.15) is 68.3 Å². The van der Waals surface area contributed by atoms with Gasteiger partial charge in [-0.2, -0.15) is 0 Å². The summed E-state index contributed by atoms with van der Waals surface area (Å²) in [6.45, 7) is 5.25. The van der Waals surface area contributed by atoms with E-state index in [1.807, 2.05) is 18.2 Å². The first-order chi connectivity index (χ1) is 9.63. The van der Waals surface area contributed by atoms with E-state index in [0.29, 0.717) is 11.6 Å². The van der Waals surface area contributed by atoms with E-state index in [2.05, 4.69) is 19.2 Å². The summed E-state index contributed by atoms with van der Waals surface area (Å²) in [6, 6.07) is 8.03. The number of primary amides is 1. The second-order valence-electron chi connectivity index (χ2n) is 5.55. The fourth-order valence-corrected chi connectivity index (χ4v) is 2.28. The summed E-state index contributed by atoms with van der Waals surface area (Å²) in [5, 5.41) is 3.50. The maximum atomic E-state index is 11.1. The molecule has 1 rings (SSSR count). The zero-order chi connectivity index (χ0) is 14.8.